The molecule has 1 aliphatic rings. The van der Waals surface area contributed by atoms with Crippen molar-refractivity contribution in [2.24, 2.45) is 11.7 Å². The summed E-state index contributed by atoms with van der Waals surface area (Å²) in [6, 6.07) is 3.13. The molecule has 0 radical (unpaired) electrons. The fourth-order valence-electron chi connectivity index (χ4n) is 1.88. The van der Waals surface area contributed by atoms with Crippen molar-refractivity contribution in [2.45, 2.75) is 30.2 Å². The molecular weight excluding hydrogens is 238 g/mol. The molecule has 1 aromatic heterocycles. The number of nitrogens with zero attached hydrogens (tertiary/aromatic N) is 1. The molecule has 0 bridgehead atoms. The van der Waals surface area contributed by atoms with Crippen LogP contribution in [0.2, 0.25) is 0 Å². The van der Waals surface area contributed by atoms with Crippen molar-refractivity contribution in [3.05, 3.63) is 24.5 Å². The summed E-state index contributed by atoms with van der Waals surface area (Å²) < 4.78 is 27.0. The third-order valence-corrected chi connectivity index (χ3v) is 4.81. The standard InChI is InChI=1S/C11H17N3O2S/c1-11(8-12,9-4-5-9)14-17(15,16)10-3-2-6-13-7-10/h2-3,6-7,9,14H,4-5,8,12H2,1H3. The van der Waals surface area contributed by atoms with Gasteiger partial charge >= 0.3 is 0 Å². The monoisotopic (exact) mass is 255 g/mol. The fraction of sp³-hybridized carbons (Fsp3) is 0.545. The summed E-state index contributed by atoms with van der Waals surface area (Å²) in [5, 5.41) is 0. The van der Waals surface area contributed by atoms with Crippen molar-refractivity contribution in [1.82, 2.24) is 9.71 Å². The van der Waals surface area contributed by atoms with Crippen LogP contribution < -0.4 is 10.5 Å². The van der Waals surface area contributed by atoms with Gasteiger partial charge in [0.25, 0.3) is 0 Å². The Kier molecular flexibility index (Phi) is 3.20. The van der Waals surface area contributed by atoms with E-state index in [1.807, 2.05) is 6.92 Å². The molecular formula is C11H17N3O2S. The molecule has 6 heteroatoms. The largest absolute Gasteiger partial charge is 0.329 e. The normalized spacial score (nSPS) is 19.9. The van der Waals surface area contributed by atoms with Gasteiger partial charge in [-0.05, 0) is 37.8 Å². The zero-order valence-electron chi connectivity index (χ0n) is 9.76. The van der Waals surface area contributed by atoms with Crippen LogP contribution in [0.1, 0.15) is 19.8 Å². The average Bonchev–Trinajstić information content (AvgIpc) is 3.14. The summed E-state index contributed by atoms with van der Waals surface area (Å²) in [6.07, 6.45) is 4.95. The lowest BCUT2D eigenvalue weighted by molar-refractivity contribution is 0.374. The van der Waals surface area contributed by atoms with Crippen LogP contribution in [0, 0.1) is 5.92 Å². The van der Waals surface area contributed by atoms with Crippen LogP contribution in [-0.2, 0) is 10.0 Å². The van der Waals surface area contributed by atoms with E-state index in [-0.39, 0.29) is 4.90 Å². The fourth-order valence-corrected chi connectivity index (χ4v) is 3.32. The highest BCUT2D eigenvalue weighted by molar-refractivity contribution is 7.89. The number of pyridine rings is 1. The van der Waals surface area contributed by atoms with Gasteiger partial charge in [-0.2, -0.15) is 0 Å². The van der Waals surface area contributed by atoms with Gasteiger partial charge in [0.05, 0.1) is 0 Å². The quantitative estimate of drug-likeness (QED) is 0.801. The Morgan fingerprint density at radius 3 is 2.76 bits per heavy atom. The Balaban J connectivity index is 2.23. The summed E-state index contributed by atoms with van der Waals surface area (Å²) in [7, 11) is -3.53. The first-order chi connectivity index (χ1) is 7.98. The van der Waals surface area contributed by atoms with E-state index >= 15 is 0 Å². The number of rotatable bonds is 5. The summed E-state index contributed by atoms with van der Waals surface area (Å²) in [5.41, 5.74) is 5.14. The summed E-state index contributed by atoms with van der Waals surface area (Å²) >= 11 is 0. The molecule has 0 spiro atoms. The Bertz CT molecular complexity index is 485. The second-order valence-corrected chi connectivity index (χ2v) is 6.37. The summed E-state index contributed by atoms with van der Waals surface area (Å²) in [4.78, 5) is 4.00. The van der Waals surface area contributed by atoms with Gasteiger partial charge in [0.15, 0.2) is 0 Å². The second kappa shape index (κ2) is 4.36. The van der Waals surface area contributed by atoms with Gasteiger partial charge in [-0.25, -0.2) is 13.1 Å². The van der Waals surface area contributed by atoms with Crippen LogP contribution in [-0.4, -0.2) is 25.5 Å². The molecule has 1 unspecified atom stereocenters. The first-order valence-electron chi connectivity index (χ1n) is 5.62. The van der Waals surface area contributed by atoms with Gasteiger partial charge in [-0.3, -0.25) is 4.98 Å². The molecule has 1 aromatic rings. The zero-order chi connectivity index (χ0) is 12.5. The van der Waals surface area contributed by atoms with Crippen molar-refractivity contribution in [3.63, 3.8) is 0 Å². The van der Waals surface area contributed by atoms with Crippen molar-refractivity contribution >= 4 is 10.0 Å². The Morgan fingerprint density at radius 1 is 1.59 bits per heavy atom. The van der Waals surface area contributed by atoms with Gasteiger partial charge in [0, 0.05) is 24.5 Å². The van der Waals surface area contributed by atoms with E-state index in [0.29, 0.717) is 12.5 Å². The zero-order valence-corrected chi connectivity index (χ0v) is 10.6. The van der Waals surface area contributed by atoms with E-state index in [2.05, 4.69) is 9.71 Å². The van der Waals surface area contributed by atoms with Crippen LogP contribution >= 0.6 is 0 Å². The highest BCUT2D eigenvalue weighted by atomic mass is 32.2. The number of nitrogens with two attached hydrogens (primary N) is 1. The van der Waals surface area contributed by atoms with E-state index in [1.165, 1.54) is 12.3 Å². The number of sulfonamides is 1. The van der Waals surface area contributed by atoms with E-state index in [0.717, 1.165) is 12.8 Å². The minimum atomic E-state index is -3.53. The van der Waals surface area contributed by atoms with E-state index in [9.17, 15) is 8.42 Å². The first kappa shape index (κ1) is 12.5. The third-order valence-electron chi connectivity index (χ3n) is 3.21. The lowest BCUT2D eigenvalue weighted by atomic mass is 9.98. The van der Waals surface area contributed by atoms with Crippen LogP contribution in [0.5, 0.6) is 0 Å². The van der Waals surface area contributed by atoms with Crippen molar-refractivity contribution in [2.75, 3.05) is 6.54 Å². The Morgan fingerprint density at radius 2 is 2.29 bits per heavy atom. The molecule has 1 heterocycles. The third kappa shape index (κ3) is 2.65. The lowest BCUT2D eigenvalue weighted by Gasteiger charge is -2.28. The molecule has 94 valence electrons. The summed E-state index contributed by atoms with van der Waals surface area (Å²) in [5.74, 6) is 0.346. The van der Waals surface area contributed by atoms with Crippen LogP contribution in [0.15, 0.2) is 29.4 Å². The maximum atomic E-state index is 12.1. The van der Waals surface area contributed by atoms with Crippen molar-refractivity contribution in [1.29, 1.82) is 0 Å². The maximum absolute atomic E-state index is 12.1. The molecule has 1 saturated carbocycles. The minimum Gasteiger partial charge on any atom is -0.329 e. The highest BCUT2D eigenvalue weighted by Crippen LogP contribution is 2.39. The number of nitrogens with one attached hydrogen (secondary N) is 1. The van der Waals surface area contributed by atoms with Crippen molar-refractivity contribution < 1.29 is 8.42 Å². The molecule has 17 heavy (non-hydrogen) atoms. The Labute approximate surface area is 101 Å². The topological polar surface area (TPSA) is 85.1 Å². The van der Waals surface area contributed by atoms with Crippen LogP contribution in [0.4, 0.5) is 0 Å². The van der Waals surface area contributed by atoms with Crippen molar-refractivity contribution in [3.8, 4) is 0 Å². The van der Waals surface area contributed by atoms with Gasteiger partial charge in [-0.15, -0.1) is 0 Å². The molecule has 3 N–H and O–H groups in total. The summed E-state index contributed by atoms with van der Waals surface area (Å²) in [6.45, 7) is 2.16. The van der Waals surface area contributed by atoms with Gasteiger partial charge in [-0.1, -0.05) is 0 Å². The minimum absolute atomic E-state index is 0.181. The molecule has 2 rings (SSSR count). The SMILES string of the molecule is CC(CN)(NS(=O)(=O)c1cccnc1)C1CC1. The van der Waals surface area contributed by atoms with Crippen LogP contribution in [0.3, 0.4) is 0 Å². The molecule has 1 fully saturated rings. The number of hydrogen-bond donors (Lipinski definition) is 2. The second-order valence-electron chi connectivity index (χ2n) is 4.69. The maximum Gasteiger partial charge on any atom is 0.242 e. The van der Waals surface area contributed by atoms with Gasteiger partial charge < -0.3 is 5.73 Å². The van der Waals surface area contributed by atoms with E-state index in [1.54, 1.807) is 12.3 Å². The predicted molar refractivity (Wildman–Crippen MR) is 64.7 cm³/mol. The van der Waals surface area contributed by atoms with Gasteiger partial charge in [0.1, 0.15) is 4.90 Å². The number of hydrogen-bond acceptors (Lipinski definition) is 4. The Hall–Kier alpha value is -0.980. The average molecular weight is 255 g/mol. The van der Waals surface area contributed by atoms with E-state index < -0.39 is 15.6 Å². The molecule has 0 amide bonds. The molecule has 0 aliphatic heterocycles. The lowest BCUT2D eigenvalue weighted by Crippen LogP contribution is -2.52. The molecule has 0 aromatic carbocycles. The molecule has 1 aliphatic carbocycles. The van der Waals surface area contributed by atoms with Crippen LogP contribution in [0.25, 0.3) is 0 Å². The molecule has 1 atom stereocenters. The smallest absolute Gasteiger partial charge is 0.242 e. The first-order valence-corrected chi connectivity index (χ1v) is 7.10. The van der Waals surface area contributed by atoms with E-state index in [4.69, 9.17) is 5.73 Å². The highest BCUT2D eigenvalue weighted by Gasteiger charge is 2.43. The molecule has 0 saturated heterocycles. The van der Waals surface area contributed by atoms with Gasteiger partial charge in [0.2, 0.25) is 10.0 Å². The molecule has 5 nitrogen and oxygen atoms in total. The number of aromatic nitrogens is 1. The predicted octanol–water partition coefficient (Wildman–Crippen LogP) is 0.487.